The second-order valence-corrected chi connectivity index (χ2v) is 4.95. The number of carbonyl (C=O) groups excluding carboxylic acids is 1. The maximum absolute atomic E-state index is 11.9. The maximum Gasteiger partial charge on any atom is 0.305 e. The highest BCUT2D eigenvalue weighted by Crippen LogP contribution is 2.12. The highest BCUT2D eigenvalue weighted by atomic mass is 16.4. The Morgan fingerprint density at radius 3 is 2.86 bits per heavy atom. The minimum atomic E-state index is -0.900. The number of carboxylic acids is 1. The second kappa shape index (κ2) is 6.88. The third kappa shape index (κ3) is 4.05. The van der Waals surface area contributed by atoms with Crippen molar-refractivity contribution in [3.8, 4) is 0 Å². The summed E-state index contributed by atoms with van der Waals surface area (Å²) in [6.45, 7) is 2.38. The number of para-hydroxylation sites is 2. The first-order valence-electron chi connectivity index (χ1n) is 7.01. The minimum Gasteiger partial charge on any atom is -0.481 e. The molecule has 1 aromatic heterocycles. The monoisotopic (exact) mass is 289 g/mol. The van der Waals surface area contributed by atoms with Gasteiger partial charge in [0.05, 0.1) is 23.8 Å². The molecule has 0 aliphatic carbocycles. The Bertz CT molecular complexity index is 636. The van der Waals surface area contributed by atoms with Gasteiger partial charge in [-0.3, -0.25) is 9.59 Å². The van der Waals surface area contributed by atoms with Gasteiger partial charge in [0, 0.05) is 19.0 Å². The standard InChI is InChI=1S/C15H19N3O3/c1-2-11(9-15(20)21)17-14(19)7-8-18-10-16-12-5-3-4-6-13(12)18/h3-6,10-11H,2,7-9H2,1H3,(H,17,19)(H,20,21). The molecule has 6 nitrogen and oxygen atoms in total. The molecule has 0 bridgehead atoms. The number of amides is 1. The van der Waals surface area contributed by atoms with Crippen molar-refractivity contribution in [3.63, 3.8) is 0 Å². The van der Waals surface area contributed by atoms with Gasteiger partial charge in [-0.15, -0.1) is 0 Å². The van der Waals surface area contributed by atoms with E-state index >= 15 is 0 Å². The van der Waals surface area contributed by atoms with Gasteiger partial charge in [-0.2, -0.15) is 0 Å². The third-order valence-corrected chi connectivity index (χ3v) is 3.39. The summed E-state index contributed by atoms with van der Waals surface area (Å²) in [5.41, 5.74) is 1.89. The second-order valence-electron chi connectivity index (χ2n) is 4.95. The fraction of sp³-hybridized carbons (Fsp3) is 0.400. The number of hydrogen-bond acceptors (Lipinski definition) is 3. The van der Waals surface area contributed by atoms with Crippen LogP contribution in [0.25, 0.3) is 11.0 Å². The number of benzene rings is 1. The van der Waals surface area contributed by atoms with Gasteiger partial charge in [0.15, 0.2) is 0 Å². The fourth-order valence-corrected chi connectivity index (χ4v) is 2.22. The molecule has 0 saturated heterocycles. The molecule has 1 heterocycles. The molecule has 21 heavy (non-hydrogen) atoms. The van der Waals surface area contributed by atoms with E-state index in [4.69, 9.17) is 5.11 Å². The van der Waals surface area contributed by atoms with Crippen molar-refractivity contribution < 1.29 is 14.7 Å². The van der Waals surface area contributed by atoms with Crippen LogP contribution in [0.5, 0.6) is 0 Å². The molecule has 0 aliphatic rings. The van der Waals surface area contributed by atoms with Gasteiger partial charge in [0.25, 0.3) is 0 Å². The van der Waals surface area contributed by atoms with Crippen LogP contribution in [0.1, 0.15) is 26.2 Å². The Morgan fingerprint density at radius 2 is 2.14 bits per heavy atom. The summed E-state index contributed by atoms with van der Waals surface area (Å²) < 4.78 is 1.92. The number of rotatable bonds is 7. The van der Waals surface area contributed by atoms with Crippen molar-refractivity contribution in [2.45, 2.75) is 38.8 Å². The third-order valence-electron chi connectivity index (χ3n) is 3.39. The Hall–Kier alpha value is -2.37. The zero-order chi connectivity index (χ0) is 15.2. The Labute approximate surface area is 122 Å². The van der Waals surface area contributed by atoms with Crippen molar-refractivity contribution in [1.29, 1.82) is 0 Å². The largest absolute Gasteiger partial charge is 0.481 e. The van der Waals surface area contributed by atoms with Crippen molar-refractivity contribution in [2.24, 2.45) is 0 Å². The maximum atomic E-state index is 11.9. The number of nitrogens with zero attached hydrogens (tertiary/aromatic N) is 2. The van der Waals surface area contributed by atoms with Gasteiger partial charge >= 0.3 is 5.97 Å². The van der Waals surface area contributed by atoms with E-state index in [9.17, 15) is 9.59 Å². The average molecular weight is 289 g/mol. The zero-order valence-electron chi connectivity index (χ0n) is 12.0. The van der Waals surface area contributed by atoms with Gasteiger partial charge in [0.2, 0.25) is 5.91 Å². The number of aliphatic carboxylic acids is 1. The quantitative estimate of drug-likeness (QED) is 0.814. The first-order valence-corrected chi connectivity index (χ1v) is 7.01. The molecule has 1 amide bonds. The molecular formula is C15H19N3O3. The number of fused-ring (bicyclic) bond motifs is 1. The lowest BCUT2D eigenvalue weighted by Crippen LogP contribution is -2.36. The van der Waals surface area contributed by atoms with E-state index in [1.54, 1.807) is 6.33 Å². The molecule has 1 aromatic carbocycles. The van der Waals surface area contributed by atoms with Gasteiger partial charge in [-0.1, -0.05) is 19.1 Å². The smallest absolute Gasteiger partial charge is 0.305 e. The molecule has 0 saturated carbocycles. The number of aryl methyl sites for hydroxylation is 1. The summed E-state index contributed by atoms with van der Waals surface area (Å²) in [6.07, 6.45) is 2.57. The van der Waals surface area contributed by atoms with Crippen molar-refractivity contribution >= 4 is 22.9 Å². The first-order chi connectivity index (χ1) is 10.1. The van der Waals surface area contributed by atoms with Crippen LogP contribution < -0.4 is 5.32 Å². The van der Waals surface area contributed by atoms with E-state index in [1.807, 2.05) is 35.8 Å². The van der Waals surface area contributed by atoms with E-state index in [0.29, 0.717) is 19.4 Å². The fourth-order valence-electron chi connectivity index (χ4n) is 2.22. The molecular weight excluding hydrogens is 270 g/mol. The Morgan fingerprint density at radius 1 is 1.38 bits per heavy atom. The predicted octanol–water partition coefficient (Wildman–Crippen LogP) is 1.80. The number of carbonyl (C=O) groups is 2. The summed E-state index contributed by atoms with van der Waals surface area (Å²) in [7, 11) is 0. The molecule has 1 unspecified atom stereocenters. The van der Waals surface area contributed by atoms with Crippen LogP contribution >= 0.6 is 0 Å². The summed E-state index contributed by atoms with van der Waals surface area (Å²) in [5.74, 6) is -1.04. The molecule has 0 aliphatic heterocycles. The van der Waals surface area contributed by atoms with E-state index < -0.39 is 5.97 Å². The molecule has 112 valence electrons. The van der Waals surface area contributed by atoms with E-state index in [-0.39, 0.29) is 18.4 Å². The van der Waals surface area contributed by atoms with E-state index in [0.717, 1.165) is 11.0 Å². The molecule has 0 fully saturated rings. The highest BCUT2D eigenvalue weighted by Gasteiger charge is 2.14. The van der Waals surface area contributed by atoms with E-state index in [1.165, 1.54) is 0 Å². The molecule has 2 rings (SSSR count). The van der Waals surface area contributed by atoms with Crippen LogP contribution in [-0.4, -0.2) is 32.6 Å². The van der Waals surface area contributed by atoms with Crippen LogP contribution in [-0.2, 0) is 16.1 Å². The summed E-state index contributed by atoms with van der Waals surface area (Å²) >= 11 is 0. The van der Waals surface area contributed by atoms with Crippen LogP contribution in [0.2, 0.25) is 0 Å². The topological polar surface area (TPSA) is 84.2 Å². The number of aromatic nitrogens is 2. The summed E-state index contributed by atoms with van der Waals surface area (Å²) in [4.78, 5) is 26.8. The normalized spacial score (nSPS) is 12.2. The lowest BCUT2D eigenvalue weighted by molar-refractivity contribution is -0.137. The number of hydrogen-bond donors (Lipinski definition) is 2. The van der Waals surface area contributed by atoms with Crippen molar-refractivity contribution in [2.75, 3.05) is 0 Å². The molecule has 2 aromatic rings. The molecule has 0 radical (unpaired) electrons. The minimum absolute atomic E-state index is 0.0454. The lowest BCUT2D eigenvalue weighted by atomic mass is 10.1. The van der Waals surface area contributed by atoms with Gasteiger partial charge in [0.1, 0.15) is 0 Å². The number of carboxylic acid groups (broad SMARTS) is 1. The SMILES string of the molecule is CCC(CC(=O)O)NC(=O)CCn1cnc2ccccc21. The van der Waals surface area contributed by atoms with Gasteiger partial charge in [-0.25, -0.2) is 4.98 Å². The number of nitrogens with one attached hydrogen (secondary N) is 1. The van der Waals surface area contributed by atoms with Crippen LogP contribution in [0.4, 0.5) is 0 Å². The average Bonchev–Trinajstić information content (AvgIpc) is 2.87. The molecule has 0 spiro atoms. The lowest BCUT2D eigenvalue weighted by Gasteiger charge is -2.14. The van der Waals surface area contributed by atoms with Crippen molar-refractivity contribution in [3.05, 3.63) is 30.6 Å². The molecule has 2 N–H and O–H groups in total. The van der Waals surface area contributed by atoms with Crippen LogP contribution in [0, 0.1) is 0 Å². The Balaban J connectivity index is 1.90. The first kappa shape index (κ1) is 15.0. The van der Waals surface area contributed by atoms with Crippen molar-refractivity contribution in [1.82, 2.24) is 14.9 Å². The van der Waals surface area contributed by atoms with Crippen LogP contribution in [0.15, 0.2) is 30.6 Å². The Kier molecular flexibility index (Phi) is 4.92. The summed E-state index contributed by atoms with van der Waals surface area (Å²) in [6, 6.07) is 7.42. The number of imidazole rings is 1. The highest BCUT2D eigenvalue weighted by molar-refractivity contribution is 5.78. The summed E-state index contributed by atoms with van der Waals surface area (Å²) in [5, 5.41) is 11.5. The van der Waals surface area contributed by atoms with Gasteiger partial charge < -0.3 is 15.0 Å². The van der Waals surface area contributed by atoms with Gasteiger partial charge in [-0.05, 0) is 18.6 Å². The zero-order valence-corrected chi connectivity index (χ0v) is 12.0. The molecule has 1 atom stereocenters. The molecule has 6 heteroatoms. The predicted molar refractivity (Wildman–Crippen MR) is 78.8 cm³/mol. The van der Waals surface area contributed by atoms with Crippen LogP contribution in [0.3, 0.4) is 0 Å². The van der Waals surface area contributed by atoms with E-state index in [2.05, 4.69) is 10.3 Å².